The minimum absolute atomic E-state index is 0.791. The zero-order chi connectivity index (χ0) is 10.5. The van der Waals surface area contributed by atoms with Gasteiger partial charge in [0.05, 0.1) is 17.6 Å². The van der Waals surface area contributed by atoms with Crippen molar-refractivity contribution in [3.05, 3.63) is 41.2 Å². The molecule has 2 heterocycles. The van der Waals surface area contributed by atoms with Gasteiger partial charge < -0.3 is 0 Å². The molecule has 0 aliphatic heterocycles. The van der Waals surface area contributed by atoms with Crippen LogP contribution in [0.3, 0.4) is 0 Å². The number of anilines is 1. The van der Waals surface area contributed by atoms with Crippen LogP contribution in [0.4, 0.5) is 5.13 Å². The molecule has 2 aromatic rings. The van der Waals surface area contributed by atoms with E-state index in [1.807, 2.05) is 30.5 Å². The molecule has 0 radical (unpaired) electrons. The van der Waals surface area contributed by atoms with Crippen molar-refractivity contribution in [1.29, 1.82) is 0 Å². The minimum atomic E-state index is 0.791. The molecule has 0 aliphatic carbocycles. The van der Waals surface area contributed by atoms with Gasteiger partial charge in [-0.3, -0.25) is 10.4 Å². The molecule has 2 aromatic heterocycles. The van der Waals surface area contributed by atoms with Crippen molar-refractivity contribution < 1.29 is 0 Å². The number of nitrogens with one attached hydrogen (secondary N) is 1. The minimum Gasteiger partial charge on any atom is -0.255 e. The van der Waals surface area contributed by atoms with Gasteiger partial charge in [0.2, 0.25) is 5.13 Å². The van der Waals surface area contributed by atoms with Crippen molar-refractivity contribution in [2.24, 2.45) is 5.10 Å². The van der Waals surface area contributed by atoms with Gasteiger partial charge in [-0.1, -0.05) is 6.07 Å². The Hall–Kier alpha value is -1.75. The first-order chi connectivity index (χ1) is 7.34. The van der Waals surface area contributed by atoms with Gasteiger partial charge in [-0.2, -0.15) is 5.10 Å². The standard InChI is InChI=1S/C10H10N4S/c1-8-7-15-10(13-8)14-12-6-9-4-2-3-5-11-9/h2-7H,1H3,(H,13,14)/b12-6-. The van der Waals surface area contributed by atoms with Crippen molar-refractivity contribution in [2.45, 2.75) is 6.92 Å². The van der Waals surface area contributed by atoms with Gasteiger partial charge in [0.15, 0.2) is 0 Å². The Morgan fingerprint density at radius 1 is 1.47 bits per heavy atom. The fraction of sp³-hybridized carbons (Fsp3) is 0.100. The molecule has 0 aliphatic rings. The molecular weight excluding hydrogens is 208 g/mol. The molecule has 15 heavy (non-hydrogen) atoms. The smallest absolute Gasteiger partial charge is 0.203 e. The van der Waals surface area contributed by atoms with Crippen LogP contribution in [0.1, 0.15) is 11.4 Å². The number of hydrogen-bond donors (Lipinski definition) is 1. The van der Waals surface area contributed by atoms with Gasteiger partial charge in [-0.25, -0.2) is 4.98 Å². The molecule has 0 spiro atoms. The lowest BCUT2D eigenvalue weighted by molar-refractivity contribution is 1.21. The molecule has 0 fully saturated rings. The van der Waals surface area contributed by atoms with Gasteiger partial charge >= 0.3 is 0 Å². The molecule has 0 saturated carbocycles. The van der Waals surface area contributed by atoms with Crippen molar-refractivity contribution in [3.8, 4) is 0 Å². The number of aryl methyl sites for hydroxylation is 1. The Morgan fingerprint density at radius 3 is 3.07 bits per heavy atom. The predicted molar refractivity (Wildman–Crippen MR) is 62.3 cm³/mol. The van der Waals surface area contributed by atoms with Crippen LogP contribution in [0.15, 0.2) is 34.9 Å². The van der Waals surface area contributed by atoms with Crippen molar-refractivity contribution >= 4 is 22.7 Å². The summed E-state index contributed by atoms with van der Waals surface area (Å²) in [5.41, 5.74) is 4.66. The average Bonchev–Trinajstić information content (AvgIpc) is 2.66. The molecule has 0 amide bonds. The number of aromatic nitrogens is 2. The van der Waals surface area contributed by atoms with E-state index in [9.17, 15) is 0 Å². The van der Waals surface area contributed by atoms with Gasteiger partial charge in [0, 0.05) is 11.6 Å². The Kier molecular flexibility index (Phi) is 3.04. The van der Waals surface area contributed by atoms with E-state index < -0.39 is 0 Å². The Bertz CT molecular complexity index is 449. The van der Waals surface area contributed by atoms with E-state index in [2.05, 4.69) is 20.5 Å². The van der Waals surface area contributed by atoms with Crippen LogP contribution in [0.25, 0.3) is 0 Å². The van der Waals surface area contributed by atoms with Gasteiger partial charge in [0.1, 0.15) is 0 Å². The van der Waals surface area contributed by atoms with Crippen LogP contribution in [-0.4, -0.2) is 16.2 Å². The third-order valence-corrected chi connectivity index (χ3v) is 2.53. The second-order valence-electron chi connectivity index (χ2n) is 2.92. The lowest BCUT2D eigenvalue weighted by Crippen LogP contribution is -1.91. The summed E-state index contributed by atoms with van der Waals surface area (Å²) in [5.74, 6) is 0. The lowest BCUT2D eigenvalue weighted by Gasteiger charge is -1.92. The summed E-state index contributed by atoms with van der Waals surface area (Å²) in [5, 5.41) is 6.80. The Morgan fingerprint density at radius 2 is 2.40 bits per heavy atom. The second kappa shape index (κ2) is 4.65. The van der Waals surface area contributed by atoms with Crippen molar-refractivity contribution in [2.75, 3.05) is 5.43 Å². The van der Waals surface area contributed by atoms with E-state index in [0.29, 0.717) is 0 Å². The normalized spacial score (nSPS) is 10.7. The van der Waals surface area contributed by atoms with Crippen molar-refractivity contribution in [3.63, 3.8) is 0 Å². The first-order valence-electron chi connectivity index (χ1n) is 4.47. The first-order valence-corrected chi connectivity index (χ1v) is 5.35. The fourth-order valence-corrected chi connectivity index (χ4v) is 1.65. The van der Waals surface area contributed by atoms with E-state index >= 15 is 0 Å². The summed E-state index contributed by atoms with van der Waals surface area (Å²) in [6, 6.07) is 5.68. The molecule has 0 bridgehead atoms. The number of pyridine rings is 1. The maximum absolute atomic E-state index is 4.22. The molecule has 5 heteroatoms. The summed E-state index contributed by atoms with van der Waals surface area (Å²) in [6.07, 6.45) is 3.39. The zero-order valence-corrected chi connectivity index (χ0v) is 9.03. The largest absolute Gasteiger partial charge is 0.255 e. The molecule has 4 nitrogen and oxygen atoms in total. The molecule has 0 unspecified atom stereocenters. The van der Waals surface area contributed by atoms with E-state index in [4.69, 9.17) is 0 Å². The number of hydrogen-bond acceptors (Lipinski definition) is 5. The molecule has 2 rings (SSSR count). The van der Waals surface area contributed by atoms with Gasteiger partial charge in [-0.15, -0.1) is 11.3 Å². The highest BCUT2D eigenvalue weighted by Crippen LogP contribution is 2.13. The van der Waals surface area contributed by atoms with Gasteiger partial charge in [-0.05, 0) is 19.1 Å². The number of nitrogens with zero attached hydrogens (tertiary/aromatic N) is 3. The first kappa shape index (κ1) is 9.79. The number of rotatable bonds is 3. The number of thiazole rings is 1. The van der Waals surface area contributed by atoms with E-state index in [0.717, 1.165) is 16.5 Å². The zero-order valence-electron chi connectivity index (χ0n) is 8.21. The molecule has 0 saturated heterocycles. The fourth-order valence-electron chi connectivity index (χ4n) is 1.01. The van der Waals surface area contributed by atoms with Crippen molar-refractivity contribution in [1.82, 2.24) is 9.97 Å². The van der Waals surface area contributed by atoms with E-state index in [-0.39, 0.29) is 0 Å². The Balaban J connectivity index is 1.96. The maximum atomic E-state index is 4.22. The monoisotopic (exact) mass is 218 g/mol. The summed E-state index contributed by atoms with van der Waals surface area (Å²) < 4.78 is 0. The average molecular weight is 218 g/mol. The quantitative estimate of drug-likeness (QED) is 0.635. The van der Waals surface area contributed by atoms with Crippen LogP contribution in [-0.2, 0) is 0 Å². The maximum Gasteiger partial charge on any atom is 0.203 e. The molecule has 0 aromatic carbocycles. The highest BCUT2D eigenvalue weighted by atomic mass is 32.1. The van der Waals surface area contributed by atoms with E-state index in [1.165, 1.54) is 11.3 Å². The molecular formula is C10H10N4S. The van der Waals surface area contributed by atoms with Gasteiger partial charge in [0.25, 0.3) is 0 Å². The van der Waals surface area contributed by atoms with Crippen LogP contribution in [0, 0.1) is 6.92 Å². The second-order valence-corrected chi connectivity index (χ2v) is 3.78. The van der Waals surface area contributed by atoms with Crippen LogP contribution < -0.4 is 5.43 Å². The SMILES string of the molecule is Cc1csc(N/N=C\c2ccccn2)n1. The summed E-state index contributed by atoms with van der Waals surface area (Å²) in [6.45, 7) is 1.95. The van der Waals surface area contributed by atoms with Crippen LogP contribution in [0.2, 0.25) is 0 Å². The van der Waals surface area contributed by atoms with Crippen LogP contribution in [0.5, 0.6) is 0 Å². The molecule has 0 atom stereocenters. The topological polar surface area (TPSA) is 50.2 Å². The third-order valence-electron chi connectivity index (χ3n) is 1.66. The highest BCUT2D eigenvalue weighted by Gasteiger charge is 1.94. The Labute approximate surface area is 91.7 Å². The van der Waals surface area contributed by atoms with Crippen LogP contribution >= 0.6 is 11.3 Å². The summed E-state index contributed by atoms with van der Waals surface area (Å²) in [4.78, 5) is 8.32. The number of hydrazone groups is 1. The predicted octanol–water partition coefficient (Wildman–Crippen LogP) is 2.29. The van der Waals surface area contributed by atoms with E-state index in [1.54, 1.807) is 12.4 Å². The highest BCUT2D eigenvalue weighted by molar-refractivity contribution is 7.13. The molecule has 76 valence electrons. The third kappa shape index (κ3) is 2.85. The summed E-state index contributed by atoms with van der Waals surface area (Å²) in [7, 11) is 0. The molecule has 1 N–H and O–H groups in total. The lowest BCUT2D eigenvalue weighted by atomic mass is 10.4. The summed E-state index contributed by atoms with van der Waals surface area (Å²) >= 11 is 1.53.